The fraction of sp³-hybridized carbons (Fsp3) is 0.412. The zero-order chi connectivity index (χ0) is 16.7. The maximum Gasteiger partial charge on any atom is 0.214 e. The van der Waals surface area contributed by atoms with Crippen LogP contribution in [0.4, 0.5) is 5.13 Å². The van der Waals surface area contributed by atoms with Gasteiger partial charge in [0.2, 0.25) is 10.1 Å². The van der Waals surface area contributed by atoms with Crippen LogP contribution in [0.25, 0.3) is 4.96 Å². The molecule has 0 saturated carbocycles. The Balaban J connectivity index is 1.41. The molecule has 0 amide bonds. The second-order valence-corrected chi connectivity index (χ2v) is 7.84. The van der Waals surface area contributed by atoms with Crippen LogP contribution >= 0.6 is 11.3 Å². The zero-order valence-electron chi connectivity index (χ0n) is 13.9. The van der Waals surface area contributed by atoms with Crippen molar-refractivity contribution in [3.8, 4) is 11.5 Å². The van der Waals surface area contributed by atoms with Crippen LogP contribution in [0.15, 0.2) is 30.5 Å². The van der Waals surface area contributed by atoms with Gasteiger partial charge in [-0.2, -0.15) is 0 Å². The molecule has 0 aliphatic carbocycles. The predicted molar refractivity (Wildman–Crippen MR) is 94.4 cm³/mol. The maximum absolute atomic E-state index is 5.94. The molecule has 1 N–H and O–H groups in total. The molecule has 1 aromatic carbocycles. The van der Waals surface area contributed by atoms with Gasteiger partial charge in [-0.15, -0.1) is 5.10 Å². The van der Waals surface area contributed by atoms with E-state index in [0.29, 0.717) is 13.2 Å². The first-order chi connectivity index (χ1) is 11.5. The van der Waals surface area contributed by atoms with Gasteiger partial charge in [0, 0.05) is 5.41 Å². The van der Waals surface area contributed by atoms with Gasteiger partial charge in [-0.25, -0.2) is 9.50 Å². The van der Waals surface area contributed by atoms with E-state index >= 15 is 0 Å². The summed E-state index contributed by atoms with van der Waals surface area (Å²) in [7, 11) is 0. The van der Waals surface area contributed by atoms with Crippen LogP contribution < -0.4 is 14.8 Å². The Bertz CT molecular complexity index is 833. The summed E-state index contributed by atoms with van der Waals surface area (Å²) in [4.78, 5) is 5.55. The topological polar surface area (TPSA) is 60.7 Å². The van der Waals surface area contributed by atoms with Gasteiger partial charge in [0.05, 0.1) is 18.4 Å². The summed E-state index contributed by atoms with van der Waals surface area (Å²) in [5.41, 5.74) is 1.08. The second-order valence-electron chi connectivity index (χ2n) is 6.89. The number of fused-ring (bicyclic) bond motifs is 2. The number of ether oxygens (including phenoxy) is 2. The summed E-state index contributed by atoms with van der Waals surface area (Å²) < 4.78 is 13.5. The van der Waals surface area contributed by atoms with Gasteiger partial charge in [-0.3, -0.25) is 0 Å². The van der Waals surface area contributed by atoms with Gasteiger partial charge in [0.1, 0.15) is 12.7 Å². The summed E-state index contributed by atoms with van der Waals surface area (Å²) >= 11 is 1.54. The third-order valence-corrected chi connectivity index (χ3v) is 4.74. The van der Waals surface area contributed by atoms with Crippen LogP contribution in [0.2, 0.25) is 0 Å². The van der Waals surface area contributed by atoms with Gasteiger partial charge >= 0.3 is 0 Å². The Labute approximate surface area is 144 Å². The predicted octanol–water partition coefficient (Wildman–Crippen LogP) is 3.34. The highest BCUT2D eigenvalue weighted by Gasteiger charge is 2.22. The van der Waals surface area contributed by atoms with Crippen molar-refractivity contribution < 1.29 is 9.47 Å². The highest BCUT2D eigenvalue weighted by atomic mass is 32.1. The lowest BCUT2D eigenvalue weighted by molar-refractivity contribution is 0.0997. The number of aromatic nitrogens is 3. The van der Waals surface area contributed by atoms with Gasteiger partial charge in [-0.1, -0.05) is 44.2 Å². The highest BCUT2D eigenvalue weighted by Crippen LogP contribution is 2.31. The molecule has 0 fully saturated rings. The quantitative estimate of drug-likeness (QED) is 0.790. The van der Waals surface area contributed by atoms with Crippen molar-refractivity contribution in [1.82, 2.24) is 14.6 Å². The molecule has 0 saturated heterocycles. The molecule has 3 aromatic rings. The third-order valence-electron chi connectivity index (χ3n) is 3.86. The van der Waals surface area contributed by atoms with Crippen molar-refractivity contribution in [3.63, 3.8) is 0 Å². The number of anilines is 1. The number of para-hydroxylation sites is 2. The molecule has 1 aliphatic heterocycles. The number of nitrogens with one attached hydrogen (secondary N) is 1. The van der Waals surface area contributed by atoms with Crippen molar-refractivity contribution in [2.24, 2.45) is 0 Å². The molecule has 4 rings (SSSR count). The molecule has 126 valence electrons. The van der Waals surface area contributed by atoms with Crippen molar-refractivity contribution in [3.05, 3.63) is 36.2 Å². The maximum atomic E-state index is 5.94. The van der Waals surface area contributed by atoms with Crippen LogP contribution in [-0.2, 0) is 5.41 Å². The minimum absolute atomic E-state index is 0.0294. The molecule has 1 atom stereocenters. The average molecular weight is 344 g/mol. The lowest BCUT2D eigenvalue weighted by atomic mass is 9.93. The molecule has 0 bridgehead atoms. The fourth-order valence-electron chi connectivity index (χ4n) is 2.50. The van der Waals surface area contributed by atoms with Crippen LogP contribution in [-0.4, -0.2) is 33.9 Å². The van der Waals surface area contributed by atoms with E-state index in [2.05, 4.69) is 36.2 Å². The van der Waals surface area contributed by atoms with Gasteiger partial charge in [-0.05, 0) is 12.1 Å². The summed E-state index contributed by atoms with van der Waals surface area (Å²) in [5.74, 6) is 1.59. The Hall–Kier alpha value is -2.28. The first-order valence-electron chi connectivity index (χ1n) is 7.98. The molecule has 7 heteroatoms. The zero-order valence-corrected chi connectivity index (χ0v) is 14.8. The summed E-state index contributed by atoms with van der Waals surface area (Å²) in [6.45, 7) is 7.61. The molecule has 0 radical (unpaired) electrons. The molecule has 3 heterocycles. The van der Waals surface area contributed by atoms with Crippen molar-refractivity contribution in [1.29, 1.82) is 0 Å². The van der Waals surface area contributed by atoms with E-state index in [1.807, 2.05) is 35.0 Å². The third kappa shape index (κ3) is 2.91. The molecule has 24 heavy (non-hydrogen) atoms. The second kappa shape index (κ2) is 5.66. The first-order valence-corrected chi connectivity index (χ1v) is 8.80. The van der Waals surface area contributed by atoms with Gasteiger partial charge in [0.15, 0.2) is 11.5 Å². The van der Waals surface area contributed by atoms with E-state index < -0.39 is 0 Å². The lowest BCUT2D eigenvalue weighted by Gasteiger charge is -2.26. The average Bonchev–Trinajstić information content (AvgIpc) is 3.11. The van der Waals surface area contributed by atoms with Crippen molar-refractivity contribution in [2.45, 2.75) is 32.3 Å². The van der Waals surface area contributed by atoms with E-state index in [9.17, 15) is 0 Å². The summed E-state index contributed by atoms with van der Waals surface area (Å²) in [5, 5.41) is 8.70. The van der Waals surface area contributed by atoms with E-state index in [0.717, 1.165) is 27.3 Å². The Morgan fingerprint density at radius 1 is 1.29 bits per heavy atom. The first kappa shape index (κ1) is 15.3. The van der Waals surface area contributed by atoms with Crippen molar-refractivity contribution in [2.75, 3.05) is 18.5 Å². The molecular formula is C17H20N4O2S. The van der Waals surface area contributed by atoms with E-state index in [4.69, 9.17) is 9.47 Å². The summed E-state index contributed by atoms with van der Waals surface area (Å²) in [6, 6.07) is 7.73. The number of hydrogen-bond acceptors (Lipinski definition) is 6. The lowest BCUT2D eigenvalue weighted by Crippen LogP contribution is -2.35. The van der Waals surface area contributed by atoms with E-state index in [1.165, 1.54) is 0 Å². The van der Waals surface area contributed by atoms with Crippen LogP contribution in [0.1, 0.15) is 26.5 Å². The normalized spacial score (nSPS) is 17.2. The van der Waals surface area contributed by atoms with Crippen molar-refractivity contribution >= 4 is 21.4 Å². The number of benzene rings is 1. The monoisotopic (exact) mass is 344 g/mol. The molecule has 0 spiro atoms. The number of imidazole rings is 1. The SMILES string of the molecule is CC(C)(C)c1cn2nc(NC[C@H]3COc4ccccc4O3)sc2n1. The van der Waals surface area contributed by atoms with Gasteiger partial charge in [0.25, 0.3) is 0 Å². The largest absolute Gasteiger partial charge is 0.486 e. The highest BCUT2D eigenvalue weighted by molar-refractivity contribution is 7.20. The number of hydrogen-bond donors (Lipinski definition) is 1. The molecule has 2 aromatic heterocycles. The van der Waals surface area contributed by atoms with Crippen LogP contribution in [0, 0.1) is 0 Å². The standard InChI is InChI=1S/C17H20N4O2S/c1-17(2,3)14-9-21-16(19-14)24-15(20-21)18-8-11-10-22-12-6-4-5-7-13(12)23-11/h4-7,9,11H,8,10H2,1-3H3,(H,18,20)/t11-/m0/s1. The summed E-state index contributed by atoms with van der Waals surface area (Å²) in [6.07, 6.45) is 1.95. The van der Waals surface area contributed by atoms with Crippen LogP contribution in [0.5, 0.6) is 11.5 Å². The Morgan fingerprint density at radius 2 is 2.08 bits per heavy atom. The number of rotatable bonds is 3. The minimum atomic E-state index is -0.0405. The molecule has 6 nitrogen and oxygen atoms in total. The Kier molecular flexibility index (Phi) is 3.60. The molecule has 0 unspecified atom stereocenters. The minimum Gasteiger partial charge on any atom is -0.486 e. The van der Waals surface area contributed by atoms with Gasteiger partial charge < -0.3 is 14.8 Å². The van der Waals surface area contributed by atoms with E-state index in [-0.39, 0.29) is 11.5 Å². The van der Waals surface area contributed by atoms with Crippen LogP contribution in [0.3, 0.4) is 0 Å². The Morgan fingerprint density at radius 3 is 2.83 bits per heavy atom. The number of nitrogens with zero attached hydrogens (tertiary/aromatic N) is 3. The molecular weight excluding hydrogens is 324 g/mol. The smallest absolute Gasteiger partial charge is 0.214 e. The van der Waals surface area contributed by atoms with E-state index in [1.54, 1.807) is 11.3 Å². The fourth-order valence-corrected chi connectivity index (χ4v) is 3.29. The molecule has 1 aliphatic rings.